The predicted octanol–water partition coefficient (Wildman–Crippen LogP) is 4.60. The van der Waals surface area contributed by atoms with E-state index in [-0.39, 0.29) is 6.04 Å². The highest BCUT2D eigenvalue weighted by Crippen LogP contribution is 2.26. The van der Waals surface area contributed by atoms with Crippen LogP contribution in [0, 0.1) is 0 Å². The van der Waals surface area contributed by atoms with E-state index in [1.54, 1.807) is 31.4 Å². The molecule has 0 bridgehead atoms. The molecule has 146 valence electrons. The third-order valence-corrected chi connectivity index (χ3v) is 4.89. The maximum absolute atomic E-state index is 12.4. The monoisotopic (exact) mass is 411 g/mol. The first-order valence-corrected chi connectivity index (χ1v) is 9.58. The van der Waals surface area contributed by atoms with Gasteiger partial charge in [0.25, 0.3) is 5.76 Å². The topological polar surface area (TPSA) is 36.5 Å². The summed E-state index contributed by atoms with van der Waals surface area (Å²) in [6, 6.07) is 14.8. The number of alkyl halides is 2. The summed E-state index contributed by atoms with van der Waals surface area (Å²) in [6.45, 7) is 0.616. The number of benzene rings is 2. The number of thioether (sulfide) groups is 1. The Morgan fingerprint density at radius 3 is 2.26 bits per heavy atom. The molecule has 0 heterocycles. The van der Waals surface area contributed by atoms with Gasteiger partial charge in [-0.15, -0.1) is 0 Å². The van der Waals surface area contributed by atoms with Crippen LogP contribution in [0.2, 0.25) is 0 Å². The molecule has 0 amide bonds. The molecule has 2 rings (SSSR count). The first-order valence-electron chi connectivity index (χ1n) is 8.29. The van der Waals surface area contributed by atoms with Crippen LogP contribution in [0.15, 0.2) is 53.4 Å². The number of anilines is 1. The van der Waals surface area contributed by atoms with Crippen LogP contribution in [0.25, 0.3) is 0 Å². The van der Waals surface area contributed by atoms with E-state index in [9.17, 15) is 8.78 Å². The average molecular weight is 412 g/mol. The molecule has 8 heteroatoms. The van der Waals surface area contributed by atoms with Gasteiger partial charge in [0.1, 0.15) is 5.75 Å². The molecule has 0 unspecified atom stereocenters. The lowest BCUT2D eigenvalue weighted by Crippen LogP contribution is -2.36. The molecular weight excluding hydrogens is 388 g/mol. The normalized spacial score (nSPS) is 12.1. The fourth-order valence-electron chi connectivity index (χ4n) is 2.51. The number of rotatable bonds is 8. The van der Waals surface area contributed by atoms with Gasteiger partial charge in [-0.3, -0.25) is 0 Å². The van der Waals surface area contributed by atoms with Crippen LogP contribution < -0.4 is 15.4 Å². The summed E-state index contributed by atoms with van der Waals surface area (Å²) in [5.74, 6) is -1.61. The number of halogens is 2. The number of nitrogens with zero attached hydrogens (tertiary/aromatic N) is 1. The van der Waals surface area contributed by atoms with E-state index >= 15 is 0 Å². The molecule has 0 aliphatic carbocycles. The molecule has 0 aliphatic heterocycles. The Kier molecular flexibility index (Phi) is 8.27. The summed E-state index contributed by atoms with van der Waals surface area (Å²) in [4.78, 5) is 2.62. The van der Waals surface area contributed by atoms with Crippen LogP contribution in [0.5, 0.6) is 5.75 Å². The molecular formula is C19H23F2N3OS2. The minimum Gasteiger partial charge on any atom is -0.497 e. The van der Waals surface area contributed by atoms with E-state index in [2.05, 4.69) is 15.5 Å². The van der Waals surface area contributed by atoms with Crippen molar-refractivity contribution in [2.24, 2.45) is 0 Å². The van der Waals surface area contributed by atoms with Gasteiger partial charge in [0.2, 0.25) is 0 Å². The summed E-state index contributed by atoms with van der Waals surface area (Å²) < 4.78 is 29.9. The van der Waals surface area contributed by atoms with Gasteiger partial charge in [0.05, 0.1) is 13.2 Å². The number of ether oxygens (including phenoxy) is 1. The minimum atomic E-state index is -2.42. The van der Waals surface area contributed by atoms with Gasteiger partial charge in [-0.05, 0) is 68.3 Å². The van der Waals surface area contributed by atoms with Crippen molar-refractivity contribution in [1.82, 2.24) is 10.2 Å². The molecule has 0 saturated carbocycles. The van der Waals surface area contributed by atoms with Gasteiger partial charge in [0.15, 0.2) is 5.11 Å². The third-order valence-electron chi connectivity index (χ3n) is 3.92. The Bertz CT molecular complexity index is 725. The lowest BCUT2D eigenvalue weighted by Gasteiger charge is -2.26. The Labute approximate surface area is 168 Å². The van der Waals surface area contributed by atoms with Crippen molar-refractivity contribution >= 4 is 34.8 Å². The van der Waals surface area contributed by atoms with Crippen LogP contribution in [0.3, 0.4) is 0 Å². The number of methoxy groups -OCH3 is 1. The maximum atomic E-state index is 12.4. The smallest absolute Gasteiger partial charge is 0.288 e. The Morgan fingerprint density at radius 1 is 1.11 bits per heavy atom. The lowest BCUT2D eigenvalue weighted by molar-refractivity contribution is 0.252. The fraction of sp³-hybridized carbons (Fsp3) is 0.316. The molecule has 0 fully saturated rings. The zero-order valence-corrected chi connectivity index (χ0v) is 17.0. The van der Waals surface area contributed by atoms with Crippen molar-refractivity contribution in [3.8, 4) is 5.75 Å². The molecule has 4 nitrogen and oxygen atoms in total. The van der Waals surface area contributed by atoms with Crippen LogP contribution in [0.1, 0.15) is 11.6 Å². The fourth-order valence-corrected chi connectivity index (χ4v) is 3.21. The molecule has 0 aliphatic rings. The molecule has 0 radical (unpaired) electrons. The summed E-state index contributed by atoms with van der Waals surface area (Å²) >= 11 is 5.87. The summed E-state index contributed by atoms with van der Waals surface area (Å²) in [5.41, 5.74) is 1.89. The van der Waals surface area contributed by atoms with Gasteiger partial charge in [-0.1, -0.05) is 23.9 Å². The highest BCUT2D eigenvalue weighted by molar-refractivity contribution is 7.99. The Balaban J connectivity index is 1.91. The molecule has 27 heavy (non-hydrogen) atoms. The average Bonchev–Trinajstić information content (AvgIpc) is 2.63. The molecule has 2 aromatic carbocycles. The van der Waals surface area contributed by atoms with Crippen molar-refractivity contribution < 1.29 is 13.5 Å². The molecule has 1 atom stereocenters. The van der Waals surface area contributed by atoms with Crippen LogP contribution in [0.4, 0.5) is 14.5 Å². The SMILES string of the molecule is COc1ccc([C@@H](CNC(=S)Nc2ccc(SC(F)F)cc2)N(C)C)cc1. The van der Waals surface area contributed by atoms with Gasteiger partial charge in [0, 0.05) is 17.1 Å². The van der Waals surface area contributed by atoms with Crippen molar-refractivity contribution in [1.29, 1.82) is 0 Å². The van der Waals surface area contributed by atoms with E-state index in [4.69, 9.17) is 17.0 Å². The lowest BCUT2D eigenvalue weighted by atomic mass is 10.1. The standard InChI is InChI=1S/C19H23F2N3OS2/c1-24(2)17(13-4-8-15(25-3)9-5-13)12-22-19(26)23-14-6-10-16(11-7-14)27-18(20)21/h4-11,17-18H,12H2,1-3H3,(H2,22,23,26)/t17-/m1/s1. The van der Waals surface area contributed by atoms with E-state index in [1.165, 1.54) is 0 Å². The van der Waals surface area contributed by atoms with E-state index in [1.807, 2.05) is 38.4 Å². The van der Waals surface area contributed by atoms with E-state index in [0.717, 1.165) is 17.0 Å². The number of thiocarbonyl (C=S) groups is 1. The van der Waals surface area contributed by atoms with Crippen molar-refractivity contribution in [3.05, 3.63) is 54.1 Å². The zero-order chi connectivity index (χ0) is 19.8. The highest BCUT2D eigenvalue weighted by atomic mass is 32.2. The van der Waals surface area contributed by atoms with Crippen molar-refractivity contribution in [2.45, 2.75) is 16.7 Å². The molecule has 0 saturated heterocycles. The highest BCUT2D eigenvalue weighted by Gasteiger charge is 2.14. The second-order valence-corrected chi connectivity index (χ2v) is 7.46. The second-order valence-electron chi connectivity index (χ2n) is 5.99. The van der Waals surface area contributed by atoms with Crippen molar-refractivity contribution in [3.63, 3.8) is 0 Å². The number of likely N-dealkylation sites (N-methyl/N-ethyl adjacent to an activating group) is 1. The van der Waals surface area contributed by atoms with Gasteiger partial charge < -0.3 is 20.3 Å². The van der Waals surface area contributed by atoms with Crippen LogP contribution in [-0.4, -0.2) is 43.5 Å². The Hall–Kier alpha value is -1.90. The third kappa shape index (κ3) is 6.97. The largest absolute Gasteiger partial charge is 0.497 e. The minimum absolute atomic E-state index is 0.125. The predicted molar refractivity (Wildman–Crippen MR) is 112 cm³/mol. The number of hydrogen-bond acceptors (Lipinski definition) is 4. The molecule has 0 aromatic heterocycles. The van der Waals surface area contributed by atoms with E-state index < -0.39 is 5.76 Å². The summed E-state index contributed by atoms with van der Waals surface area (Å²) in [6.07, 6.45) is 0. The quantitative estimate of drug-likeness (QED) is 0.488. The van der Waals surface area contributed by atoms with Gasteiger partial charge in [-0.2, -0.15) is 8.78 Å². The molecule has 2 aromatic rings. The summed E-state index contributed by atoms with van der Waals surface area (Å²) in [5, 5.41) is 6.76. The van der Waals surface area contributed by atoms with Crippen LogP contribution in [-0.2, 0) is 0 Å². The second kappa shape index (κ2) is 10.4. The first-order chi connectivity index (χ1) is 12.9. The Morgan fingerprint density at radius 2 is 1.74 bits per heavy atom. The molecule has 2 N–H and O–H groups in total. The van der Waals surface area contributed by atoms with Crippen molar-refractivity contribution in [2.75, 3.05) is 33.1 Å². The number of hydrogen-bond donors (Lipinski definition) is 2. The first kappa shape index (κ1) is 21.4. The summed E-state index contributed by atoms with van der Waals surface area (Å²) in [7, 11) is 5.65. The van der Waals surface area contributed by atoms with Crippen LogP contribution >= 0.6 is 24.0 Å². The van der Waals surface area contributed by atoms with E-state index in [0.29, 0.717) is 28.3 Å². The van der Waals surface area contributed by atoms with Gasteiger partial charge in [-0.25, -0.2) is 0 Å². The molecule has 0 spiro atoms. The van der Waals surface area contributed by atoms with Gasteiger partial charge >= 0.3 is 0 Å². The zero-order valence-electron chi connectivity index (χ0n) is 15.4. The maximum Gasteiger partial charge on any atom is 0.288 e. The number of nitrogens with one attached hydrogen (secondary N) is 2.